The molecule has 1 unspecified atom stereocenters. The minimum absolute atomic E-state index is 0.0491. The highest BCUT2D eigenvalue weighted by Gasteiger charge is 2.19. The highest BCUT2D eigenvalue weighted by molar-refractivity contribution is 5.97. The van der Waals surface area contributed by atoms with E-state index in [1.54, 1.807) is 18.2 Å². The van der Waals surface area contributed by atoms with Crippen molar-refractivity contribution >= 4 is 29.4 Å². The number of rotatable bonds is 8. The lowest BCUT2D eigenvalue weighted by atomic mass is 10.0. The summed E-state index contributed by atoms with van der Waals surface area (Å²) in [6.07, 6.45) is -0.183. The van der Waals surface area contributed by atoms with Crippen molar-refractivity contribution in [3.8, 4) is 0 Å². The van der Waals surface area contributed by atoms with Gasteiger partial charge in [-0.15, -0.1) is 0 Å². The summed E-state index contributed by atoms with van der Waals surface area (Å²) in [7, 11) is 0. The number of nitrogens with two attached hydrogens (primary N) is 2. The second-order valence-corrected chi connectivity index (χ2v) is 5.79. The third kappa shape index (κ3) is 7.34. The fraction of sp³-hybridized carbons (Fsp3) is 0.375. The fourth-order valence-electron chi connectivity index (χ4n) is 2.03. The van der Waals surface area contributed by atoms with E-state index in [0.29, 0.717) is 11.3 Å². The first-order valence-corrected chi connectivity index (χ1v) is 7.68. The van der Waals surface area contributed by atoms with E-state index in [1.165, 1.54) is 6.07 Å². The van der Waals surface area contributed by atoms with Crippen molar-refractivity contribution in [2.75, 3.05) is 6.54 Å². The van der Waals surface area contributed by atoms with Crippen LogP contribution in [0.15, 0.2) is 29.3 Å². The predicted octanol–water partition coefficient (Wildman–Crippen LogP) is -0.0632. The van der Waals surface area contributed by atoms with Gasteiger partial charge >= 0.3 is 5.97 Å². The number of carbonyl (C=O) groups excluding carboxylic acids is 2. The first-order chi connectivity index (χ1) is 11.7. The molecule has 0 aliphatic rings. The average molecular weight is 349 g/mol. The molecular weight excluding hydrogens is 326 g/mol. The Morgan fingerprint density at radius 1 is 1.24 bits per heavy atom. The molecule has 1 aromatic rings. The summed E-state index contributed by atoms with van der Waals surface area (Å²) in [6, 6.07) is 5.77. The number of aliphatic imine (C=N–C) groups is 1. The Labute approximate surface area is 145 Å². The number of hydrogen-bond acceptors (Lipinski definition) is 4. The first kappa shape index (κ1) is 19.9. The molecule has 0 aliphatic carbocycles. The second kappa shape index (κ2) is 9.26. The average Bonchev–Trinajstić information content (AvgIpc) is 2.51. The number of nitrogens with one attached hydrogen (secondary N) is 2. The third-order valence-electron chi connectivity index (χ3n) is 3.32. The maximum absolute atomic E-state index is 12.1. The van der Waals surface area contributed by atoms with Gasteiger partial charge in [0.1, 0.15) is 0 Å². The Balaban J connectivity index is 2.62. The van der Waals surface area contributed by atoms with Gasteiger partial charge in [-0.3, -0.25) is 14.4 Å². The van der Waals surface area contributed by atoms with Crippen LogP contribution in [0.4, 0.5) is 5.69 Å². The number of amides is 2. The molecule has 0 aliphatic heterocycles. The summed E-state index contributed by atoms with van der Waals surface area (Å²) >= 11 is 0. The number of guanidine groups is 1. The molecule has 136 valence electrons. The fourth-order valence-corrected chi connectivity index (χ4v) is 2.03. The van der Waals surface area contributed by atoms with E-state index < -0.39 is 23.8 Å². The van der Waals surface area contributed by atoms with Crippen LogP contribution < -0.4 is 22.1 Å². The van der Waals surface area contributed by atoms with Crippen LogP contribution in [0.3, 0.4) is 0 Å². The summed E-state index contributed by atoms with van der Waals surface area (Å²) in [5.41, 5.74) is 11.3. The van der Waals surface area contributed by atoms with E-state index in [-0.39, 0.29) is 24.8 Å². The van der Waals surface area contributed by atoms with E-state index >= 15 is 0 Å². The van der Waals surface area contributed by atoms with Gasteiger partial charge in [-0.2, -0.15) is 0 Å². The molecule has 0 radical (unpaired) electrons. The zero-order valence-electron chi connectivity index (χ0n) is 14.2. The van der Waals surface area contributed by atoms with Crippen LogP contribution in [0.1, 0.15) is 30.6 Å². The summed E-state index contributed by atoms with van der Waals surface area (Å²) < 4.78 is 0. The summed E-state index contributed by atoms with van der Waals surface area (Å²) in [6.45, 7) is 3.34. The normalized spacial score (nSPS) is 11.5. The zero-order valence-corrected chi connectivity index (χ0v) is 14.2. The van der Waals surface area contributed by atoms with Gasteiger partial charge in [0, 0.05) is 11.6 Å². The monoisotopic (exact) mass is 349 g/mol. The van der Waals surface area contributed by atoms with Gasteiger partial charge in [0.15, 0.2) is 5.96 Å². The van der Waals surface area contributed by atoms with Crippen LogP contribution >= 0.6 is 0 Å². The van der Waals surface area contributed by atoms with Crippen molar-refractivity contribution in [1.82, 2.24) is 10.6 Å². The second-order valence-electron chi connectivity index (χ2n) is 5.79. The lowest BCUT2D eigenvalue weighted by Crippen LogP contribution is -2.45. The molecule has 0 saturated heterocycles. The molecule has 1 rings (SSSR count). The lowest BCUT2D eigenvalue weighted by molar-refractivity contribution is -0.138. The number of carboxylic acids is 1. The largest absolute Gasteiger partial charge is 0.481 e. The van der Waals surface area contributed by atoms with Crippen molar-refractivity contribution in [2.45, 2.75) is 26.3 Å². The molecule has 1 aromatic carbocycles. The lowest BCUT2D eigenvalue weighted by Gasteiger charge is -2.20. The molecule has 0 bridgehead atoms. The molecule has 0 spiro atoms. The number of nitrogens with zero attached hydrogens (tertiary/aromatic N) is 1. The van der Waals surface area contributed by atoms with Gasteiger partial charge in [0.05, 0.1) is 18.7 Å². The van der Waals surface area contributed by atoms with E-state index in [0.717, 1.165) is 0 Å². The Bertz CT molecular complexity index is 668. The van der Waals surface area contributed by atoms with Crippen LogP contribution in [0.25, 0.3) is 0 Å². The van der Waals surface area contributed by atoms with Crippen LogP contribution in [0.2, 0.25) is 0 Å². The quantitative estimate of drug-likeness (QED) is 0.326. The maximum atomic E-state index is 12.1. The number of benzene rings is 1. The number of hydrogen-bond donors (Lipinski definition) is 5. The summed E-state index contributed by atoms with van der Waals surface area (Å²) in [5, 5.41) is 13.9. The SMILES string of the molecule is CC(C)C(CC(=O)O)NC(=O)CNC(=O)c1cccc(N=C(N)N)c1. The number of carbonyl (C=O) groups is 3. The van der Waals surface area contributed by atoms with Gasteiger partial charge < -0.3 is 27.2 Å². The minimum atomic E-state index is -1.00. The van der Waals surface area contributed by atoms with Gasteiger partial charge in [-0.05, 0) is 24.1 Å². The summed E-state index contributed by atoms with van der Waals surface area (Å²) in [5.74, 6) is -2.11. The maximum Gasteiger partial charge on any atom is 0.305 e. The molecule has 25 heavy (non-hydrogen) atoms. The first-order valence-electron chi connectivity index (χ1n) is 7.68. The van der Waals surface area contributed by atoms with Crippen molar-refractivity contribution in [1.29, 1.82) is 0 Å². The number of carboxylic acid groups (broad SMARTS) is 1. The minimum Gasteiger partial charge on any atom is -0.481 e. The van der Waals surface area contributed by atoms with E-state index in [1.807, 2.05) is 13.8 Å². The van der Waals surface area contributed by atoms with E-state index in [2.05, 4.69) is 15.6 Å². The molecule has 0 saturated carbocycles. The van der Waals surface area contributed by atoms with E-state index in [9.17, 15) is 14.4 Å². The Hall–Kier alpha value is -3.10. The molecule has 2 amide bonds. The molecule has 1 atom stereocenters. The molecule has 0 heterocycles. The summed E-state index contributed by atoms with van der Waals surface area (Å²) in [4.78, 5) is 38.6. The van der Waals surface area contributed by atoms with Crippen molar-refractivity contribution in [3.05, 3.63) is 29.8 Å². The zero-order chi connectivity index (χ0) is 19.0. The van der Waals surface area contributed by atoms with Crippen LogP contribution in [-0.2, 0) is 9.59 Å². The van der Waals surface area contributed by atoms with Gasteiger partial charge in [0.25, 0.3) is 5.91 Å². The number of aliphatic carboxylic acids is 1. The van der Waals surface area contributed by atoms with Crippen molar-refractivity contribution < 1.29 is 19.5 Å². The van der Waals surface area contributed by atoms with Gasteiger partial charge in [-0.1, -0.05) is 19.9 Å². The Morgan fingerprint density at radius 2 is 1.92 bits per heavy atom. The van der Waals surface area contributed by atoms with Crippen LogP contribution in [0.5, 0.6) is 0 Å². The molecular formula is C16H23N5O4. The van der Waals surface area contributed by atoms with E-state index in [4.69, 9.17) is 16.6 Å². The van der Waals surface area contributed by atoms with Crippen molar-refractivity contribution in [2.24, 2.45) is 22.4 Å². The van der Waals surface area contributed by atoms with Crippen LogP contribution in [-0.4, -0.2) is 41.4 Å². The molecule has 9 nitrogen and oxygen atoms in total. The highest BCUT2D eigenvalue weighted by atomic mass is 16.4. The molecule has 0 aromatic heterocycles. The standard InChI is InChI=1S/C16H23N5O4/c1-9(2)12(7-14(23)24)21-13(22)8-19-15(25)10-4-3-5-11(6-10)20-16(17)18/h3-6,9,12H,7-8H2,1-2H3,(H,19,25)(H,21,22)(H,23,24)(H4,17,18,20). The smallest absolute Gasteiger partial charge is 0.305 e. The highest BCUT2D eigenvalue weighted by Crippen LogP contribution is 2.13. The van der Waals surface area contributed by atoms with Gasteiger partial charge in [-0.25, -0.2) is 4.99 Å². The third-order valence-corrected chi connectivity index (χ3v) is 3.32. The topological polar surface area (TPSA) is 160 Å². The molecule has 0 fully saturated rings. The predicted molar refractivity (Wildman–Crippen MR) is 93.3 cm³/mol. The van der Waals surface area contributed by atoms with Crippen molar-refractivity contribution in [3.63, 3.8) is 0 Å². The molecule has 7 N–H and O–H groups in total. The Kier molecular flexibility index (Phi) is 7.39. The van der Waals surface area contributed by atoms with Crippen LogP contribution in [0, 0.1) is 5.92 Å². The Morgan fingerprint density at radius 3 is 2.48 bits per heavy atom. The molecule has 9 heteroatoms. The van der Waals surface area contributed by atoms with Gasteiger partial charge in [0.2, 0.25) is 5.91 Å².